The van der Waals surface area contributed by atoms with Crippen molar-refractivity contribution in [2.24, 2.45) is 0 Å². The van der Waals surface area contributed by atoms with Crippen LogP contribution in [0.5, 0.6) is 5.75 Å². The number of oxazole rings is 1. The van der Waals surface area contributed by atoms with Gasteiger partial charge in [-0.25, -0.2) is 4.98 Å². The molecule has 0 aliphatic carbocycles. The first-order chi connectivity index (χ1) is 14.7. The Morgan fingerprint density at radius 3 is 2.55 bits per heavy atom. The van der Waals surface area contributed by atoms with Gasteiger partial charge in [-0.15, -0.1) is 0 Å². The van der Waals surface area contributed by atoms with E-state index in [0.717, 1.165) is 27.8 Å². The van der Waals surface area contributed by atoms with Crippen molar-refractivity contribution in [2.45, 2.75) is 33.3 Å². The van der Waals surface area contributed by atoms with Gasteiger partial charge in [0.25, 0.3) is 5.91 Å². The van der Waals surface area contributed by atoms with Crippen molar-refractivity contribution in [1.82, 2.24) is 4.98 Å². The zero-order valence-corrected chi connectivity index (χ0v) is 18.6. The third-order valence-corrected chi connectivity index (χ3v) is 5.34. The molecule has 3 aromatic carbocycles. The number of halogens is 1. The third kappa shape index (κ3) is 4.42. The van der Waals surface area contributed by atoms with Gasteiger partial charge in [0.2, 0.25) is 5.89 Å². The van der Waals surface area contributed by atoms with E-state index >= 15 is 0 Å². The van der Waals surface area contributed by atoms with Crippen LogP contribution in [0.3, 0.4) is 0 Å². The van der Waals surface area contributed by atoms with Gasteiger partial charge in [-0.3, -0.25) is 4.79 Å². The van der Waals surface area contributed by atoms with E-state index in [4.69, 9.17) is 20.8 Å². The van der Waals surface area contributed by atoms with Crippen molar-refractivity contribution in [3.05, 3.63) is 76.8 Å². The van der Waals surface area contributed by atoms with Gasteiger partial charge in [-0.1, -0.05) is 23.7 Å². The average Bonchev–Trinajstić information content (AvgIpc) is 3.14. The zero-order chi connectivity index (χ0) is 22.2. The zero-order valence-electron chi connectivity index (χ0n) is 17.8. The summed E-state index contributed by atoms with van der Waals surface area (Å²) >= 11 is 5.92. The van der Waals surface area contributed by atoms with Crippen LogP contribution in [0.15, 0.2) is 65.1 Å². The van der Waals surface area contributed by atoms with Crippen LogP contribution < -0.4 is 10.1 Å². The molecule has 1 N–H and O–H groups in total. The second kappa shape index (κ2) is 8.08. The average molecular weight is 435 g/mol. The molecule has 1 amide bonds. The van der Waals surface area contributed by atoms with Crippen LogP contribution in [-0.2, 0) is 4.79 Å². The van der Waals surface area contributed by atoms with E-state index in [2.05, 4.69) is 10.3 Å². The lowest BCUT2D eigenvalue weighted by molar-refractivity contribution is -0.128. The van der Waals surface area contributed by atoms with Gasteiger partial charge in [-0.2, -0.15) is 0 Å². The van der Waals surface area contributed by atoms with Crippen LogP contribution in [-0.4, -0.2) is 16.5 Å². The lowest BCUT2D eigenvalue weighted by atomic mass is 10.0. The minimum atomic E-state index is -1.09. The fourth-order valence-electron chi connectivity index (χ4n) is 3.27. The number of hydrogen-bond donors (Lipinski definition) is 1. The van der Waals surface area contributed by atoms with E-state index in [1.165, 1.54) is 0 Å². The number of hydrogen-bond acceptors (Lipinski definition) is 4. The van der Waals surface area contributed by atoms with Gasteiger partial charge >= 0.3 is 0 Å². The van der Waals surface area contributed by atoms with E-state index in [9.17, 15) is 4.79 Å². The number of nitrogens with zero attached hydrogens (tertiary/aromatic N) is 1. The van der Waals surface area contributed by atoms with Gasteiger partial charge in [0.05, 0.1) is 0 Å². The lowest BCUT2D eigenvalue weighted by Crippen LogP contribution is -2.42. The van der Waals surface area contributed by atoms with Gasteiger partial charge in [0, 0.05) is 16.3 Å². The summed E-state index contributed by atoms with van der Waals surface area (Å²) in [6, 6.07) is 18.4. The molecule has 6 heteroatoms. The van der Waals surface area contributed by atoms with Crippen molar-refractivity contribution >= 4 is 34.3 Å². The molecule has 0 unspecified atom stereocenters. The van der Waals surface area contributed by atoms with Crippen molar-refractivity contribution in [3.63, 3.8) is 0 Å². The molecule has 0 saturated carbocycles. The Hall–Kier alpha value is -3.31. The molecule has 5 nitrogen and oxygen atoms in total. The maximum atomic E-state index is 13.0. The molecule has 158 valence electrons. The van der Waals surface area contributed by atoms with Gasteiger partial charge in [0.15, 0.2) is 11.2 Å². The quantitative estimate of drug-likeness (QED) is 0.386. The Bertz CT molecular complexity index is 1260. The molecule has 31 heavy (non-hydrogen) atoms. The van der Waals surface area contributed by atoms with E-state index in [1.807, 2.05) is 50.2 Å². The lowest BCUT2D eigenvalue weighted by Gasteiger charge is -2.26. The highest BCUT2D eigenvalue weighted by Crippen LogP contribution is 2.31. The summed E-state index contributed by atoms with van der Waals surface area (Å²) in [5, 5.41) is 3.58. The topological polar surface area (TPSA) is 64.4 Å². The molecule has 4 aromatic rings. The number of ether oxygens (including phenoxy) is 1. The Kier molecular flexibility index (Phi) is 5.46. The van der Waals surface area contributed by atoms with Crippen LogP contribution >= 0.6 is 11.6 Å². The highest BCUT2D eigenvalue weighted by atomic mass is 35.5. The molecule has 0 bridgehead atoms. The number of nitrogens with one attached hydrogen (secondary N) is 1. The van der Waals surface area contributed by atoms with Gasteiger partial charge in [0.1, 0.15) is 11.3 Å². The maximum Gasteiger partial charge on any atom is 0.267 e. The van der Waals surface area contributed by atoms with E-state index in [-0.39, 0.29) is 5.91 Å². The summed E-state index contributed by atoms with van der Waals surface area (Å²) in [4.78, 5) is 17.6. The Morgan fingerprint density at radius 1 is 1.06 bits per heavy atom. The Labute approximate surface area is 186 Å². The molecule has 0 fully saturated rings. The highest BCUT2D eigenvalue weighted by Gasteiger charge is 2.30. The monoisotopic (exact) mass is 434 g/mol. The number of anilines is 1. The maximum absolute atomic E-state index is 13.0. The number of benzene rings is 3. The van der Waals surface area contributed by atoms with Crippen molar-refractivity contribution in [2.75, 3.05) is 5.32 Å². The number of carbonyl (C=O) groups excluding carboxylic acids is 1. The second-order valence-corrected chi connectivity index (χ2v) is 8.43. The van der Waals surface area contributed by atoms with Crippen LogP contribution in [0.1, 0.15) is 25.0 Å². The van der Waals surface area contributed by atoms with Crippen molar-refractivity contribution in [1.29, 1.82) is 0 Å². The molecular formula is C25H23ClN2O3. The summed E-state index contributed by atoms with van der Waals surface area (Å²) in [7, 11) is 0. The number of carbonyl (C=O) groups is 1. The Morgan fingerprint density at radius 2 is 1.81 bits per heavy atom. The highest BCUT2D eigenvalue weighted by molar-refractivity contribution is 6.30. The summed E-state index contributed by atoms with van der Waals surface area (Å²) in [6.45, 7) is 7.39. The standard InChI is InChI=1S/C25H23ClN2O3/c1-15-8-13-22-21(14-15)27-23(30-22)19-6-5-7-20(16(19)2)28-24(29)25(3,4)31-18-11-9-17(26)10-12-18/h5-14H,1-4H3,(H,28,29). The summed E-state index contributed by atoms with van der Waals surface area (Å²) < 4.78 is 11.8. The van der Waals surface area contributed by atoms with E-state index < -0.39 is 5.60 Å². The van der Waals surface area contributed by atoms with E-state index in [0.29, 0.717) is 22.4 Å². The molecule has 0 radical (unpaired) electrons. The first-order valence-corrected chi connectivity index (χ1v) is 10.3. The fourth-order valence-corrected chi connectivity index (χ4v) is 3.40. The van der Waals surface area contributed by atoms with Crippen molar-refractivity contribution in [3.8, 4) is 17.2 Å². The predicted molar refractivity (Wildman–Crippen MR) is 124 cm³/mol. The van der Waals surface area contributed by atoms with Crippen LogP contribution in [0, 0.1) is 13.8 Å². The molecule has 1 aromatic heterocycles. The molecule has 1 heterocycles. The number of amides is 1. The molecule has 0 aliphatic heterocycles. The molecule has 0 atom stereocenters. The minimum Gasteiger partial charge on any atom is -0.478 e. The van der Waals surface area contributed by atoms with Crippen LogP contribution in [0.4, 0.5) is 5.69 Å². The molecule has 0 saturated heterocycles. The smallest absolute Gasteiger partial charge is 0.267 e. The summed E-state index contributed by atoms with van der Waals surface area (Å²) in [5.41, 5.74) is 3.92. The Balaban J connectivity index is 1.58. The SMILES string of the molecule is Cc1ccc2oc(-c3cccc(NC(=O)C(C)(C)Oc4ccc(Cl)cc4)c3C)nc2c1. The first kappa shape index (κ1) is 20.9. The first-order valence-electron chi connectivity index (χ1n) is 9.96. The molecule has 0 aliphatic rings. The molecule has 0 spiro atoms. The third-order valence-electron chi connectivity index (χ3n) is 5.09. The molecule has 4 rings (SSSR count). The minimum absolute atomic E-state index is 0.268. The van der Waals surface area contributed by atoms with E-state index in [1.54, 1.807) is 38.1 Å². The largest absolute Gasteiger partial charge is 0.478 e. The second-order valence-electron chi connectivity index (χ2n) is 7.99. The number of fused-ring (bicyclic) bond motifs is 1. The number of aromatic nitrogens is 1. The van der Waals surface area contributed by atoms with Crippen molar-refractivity contribution < 1.29 is 13.9 Å². The van der Waals surface area contributed by atoms with Gasteiger partial charge < -0.3 is 14.5 Å². The predicted octanol–water partition coefficient (Wildman–Crippen LogP) is 6.56. The fraction of sp³-hybridized carbons (Fsp3) is 0.200. The van der Waals surface area contributed by atoms with Gasteiger partial charge in [-0.05, 0) is 87.4 Å². The molecular weight excluding hydrogens is 412 g/mol. The van der Waals surface area contributed by atoms with Crippen LogP contribution in [0.25, 0.3) is 22.6 Å². The normalized spacial score (nSPS) is 11.5. The number of rotatable bonds is 5. The van der Waals surface area contributed by atoms with Crippen LogP contribution in [0.2, 0.25) is 5.02 Å². The number of aryl methyl sites for hydroxylation is 1. The summed E-state index contributed by atoms with van der Waals surface area (Å²) in [5.74, 6) is 0.818. The summed E-state index contributed by atoms with van der Waals surface area (Å²) in [6.07, 6.45) is 0.